The van der Waals surface area contributed by atoms with Gasteiger partial charge in [-0.3, -0.25) is 9.59 Å². The Morgan fingerprint density at radius 1 is 1.16 bits per heavy atom. The van der Waals surface area contributed by atoms with Crippen molar-refractivity contribution in [1.29, 1.82) is 0 Å². The highest BCUT2D eigenvalue weighted by atomic mass is 19.1. The van der Waals surface area contributed by atoms with Gasteiger partial charge < -0.3 is 15.1 Å². The molecule has 1 aromatic carbocycles. The second-order valence-corrected chi connectivity index (χ2v) is 8.57. The molecule has 0 radical (unpaired) electrons. The molecule has 0 saturated carbocycles. The summed E-state index contributed by atoms with van der Waals surface area (Å²) in [6, 6.07) is 7.92. The predicted molar refractivity (Wildman–Crippen MR) is 121 cm³/mol. The summed E-state index contributed by atoms with van der Waals surface area (Å²) in [6.07, 6.45) is 3.51. The van der Waals surface area contributed by atoms with Gasteiger partial charge in [0.1, 0.15) is 17.5 Å². The smallest absolute Gasteiger partial charge is 0.227 e. The molecule has 0 unspecified atom stereocenters. The minimum Gasteiger partial charge on any atom is -0.373 e. The monoisotopic (exact) mass is 439 g/mol. The topological polar surface area (TPSA) is 78.4 Å². The van der Waals surface area contributed by atoms with E-state index in [2.05, 4.69) is 5.32 Å². The van der Waals surface area contributed by atoms with Crippen LogP contribution in [0.4, 0.5) is 15.9 Å². The van der Waals surface area contributed by atoms with Gasteiger partial charge in [-0.15, -0.1) is 0 Å². The minimum absolute atomic E-state index is 0.00974. The first-order chi connectivity index (χ1) is 15.5. The van der Waals surface area contributed by atoms with Crippen molar-refractivity contribution in [2.75, 3.05) is 36.9 Å². The van der Waals surface area contributed by atoms with E-state index in [1.807, 2.05) is 24.9 Å². The first-order valence-electron chi connectivity index (χ1n) is 11.4. The third-order valence-corrected chi connectivity index (χ3v) is 6.38. The number of piperidine rings is 1. The van der Waals surface area contributed by atoms with E-state index in [0.717, 1.165) is 49.7 Å². The Morgan fingerprint density at radius 3 is 2.53 bits per heavy atom. The van der Waals surface area contributed by atoms with Gasteiger partial charge in [0.25, 0.3) is 0 Å². The van der Waals surface area contributed by atoms with Crippen molar-refractivity contribution < 1.29 is 14.0 Å². The number of rotatable bonds is 6. The molecule has 1 aromatic heterocycles. The number of carbonyl (C=O) groups excluding carboxylic acids is 2. The lowest BCUT2D eigenvalue weighted by Crippen LogP contribution is -2.38. The van der Waals surface area contributed by atoms with Crippen molar-refractivity contribution in [2.24, 2.45) is 0 Å². The fourth-order valence-corrected chi connectivity index (χ4v) is 4.54. The van der Waals surface area contributed by atoms with Crippen LogP contribution in [-0.4, -0.2) is 53.4 Å². The van der Waals surface area contributed by atoms with Crippen LogP contribution in [-0.2, 0) is 9.59 Å². The van der Waals surface area contributed by atoms with Gasteiger partial charge in [-0.05, 0) is 43.5 Å². The Bertz CT molecular complexity index is 973. The first kappa shape index (κ1) is 22.2. The van der Waals surface area contributed by atoms with Crippen LogP contribution >= 0.6 is 0 Å². The van der Waals surface area contributed by atoms with E-state index in [1.165, 1.54) is 12.1 Å². The second-order valence-electron chi connectivity index (χ2n) is 8.57. The highest BCUT2D eigenvalue weighted by Gasteiger charge is 2.34. The van der Waals surface area contributed by atoms with E-state index >= 15 is 0 Å². The molecule has 170 valence electrons. The van der Waals surface area contributed by atoms with Gasteiger partial charge in [0.05, 0.1) is 5.69 Å². The number of nitrogens with zero attached hydrogens (tertiary/aromatic N) is 4. The van der Waals surface area contributed by atoms with E-state index in [1.54, 1.807) is 17.0 Å². The summed E-state index contributed by atoms with van der Waals surface area (Å²) in [5.74, 6) is 1.57. The third kappa shape index (κ3) is 4.74. The van der Waals surface area contributed by atoms with Gasteiger partial charge >= 0.3 is 0 Å². The molecule has 4 rings (SSSR count). The predicted octanol–water partition coefficient (Wildman–Crippen LogP) is 3.68. The van der Waals surface area contributed by atoms with Crippen LogP contribution in [0.25, 0.3) is 0 Å². The van der Waals surface area contributed by atoms with Crippen LogP contribution in [0.5, 0.6) is 0 Å². The highest BCUT2D eigenvalue weighted by Crippen LogP contribution is 2.34. The van der Waals surface area contributed by atoms with Gasteiger partial charge in [-0.2, -0.15) is 0 Å². The molecular weight excluding hydrogens is 409 g/mol. The van der Waals surface area contributed by atoms with Gasteiger partial charge in [0, 0.05) is 63.1 Å². The quantitative estimate of drug-likeness (QED) is 0.743. The van der Waals surface area contributed by atoms with E-state index in [0.29, 0.717) is 25.1 Å². The van der Waals surface area contributed by atoms with Crippen LogP contribution in [0.1, 0.15) is 62.4 Å². The molecule has 1 N–H and O–H groups in total. The summed E-state index contributed by atoms with van der Waals surface area (Å²) < 4.78 is 13.3. The minimum atomic E-state index is -0.321. The van der Waals surface area contributed by atoms with Crippen molar-refractivity contribution in [3.63, 3.8) is 0 Å². The molecule has 7 nitrogen and oxygen atoms in total. The molecule has 1 atom stereocenters. The van der Waals surface area contributed by atoms with Crippen LogP contribution < -0.4 is 10.2 Å². The van der Waals surface area contributed by atoms with Crippen LogP contribution in [0, 0.1) is 5.82 Å². The van der Waals surface area contributed by atoms with Crippen molar-refractivity contribution in [2.45, 2.75) is 50.9 Å². The number of hydrogen-bond donors (Lipinski definition) is 1. The highest BCUT2D eigenvalue weighted by molar-refractivity contribution is 5.96. The Labute approximate surface area is 188 Å². The van der Waals surface area contributed by atoms with E-state index in [4.69, 9.17) is 9.97 Å². The number of halogens is 1. The van der Waals surface area contributed by atoms with Crippen LogP contribution in [0.3, 0.4) is 0 Å². The molecule has 2 amide bonds. The largest absolute Gasteiger partial charge is 0.373 e. The van der Waals surface area contributed by atoms with E-state index in [-0.39, 0.29) is 29.5 Å². The van der Waals surface area contributed by atoms with Gasteiger partial charge in [-0.1, -0.05) is 6.92 Å². The molecule has 2 aromatic rings. The van der Waals surface area contributed by atoms with Crippen LogP contribution in [0.15, 0.2) is 30.3 Å². The lowest BCUT2D eigenvalue weighted by atomic mass is 9.95. The number of carbonyl (C=O) groups is 2. The number of benzene rings is 1. The molecule has 32 heavy (non-hydrogen) atoms. The molecule has 2 aliphatic heterocycles. The maximum Gasteiger partial charge on any atom is 0.227 e. The maximum atomic E-state index is 13.3. The number of amides is 2. The Hall–Kier alpha value is -3.03. The fourth-order valence-electron chi connectivity index (χ4n) is 4.54. The summed E-state index contributed by atoms with van der Waals surface area (Å²) >= 11 is 0. The van der Waals surface area contributed by atoms with Crippen molar-refractivity contribution in [3.05, 3.63) is 47.7 Å². The molecule has 0 aliphatic carbocycles. The van der Waals surface area contributed by atoms with Crippen molar-refractivity contribution >= 4 is 23.3 Å². The average Bonchev–Trinajstić information content (AvgIpc) is 3.21. The number of nitrogens with one attached hydrogen (secondary N) is 1. The average molecular weight is 440 g/mol. The summed E-state index contributed by atoms with van der Waals surface area (Å²) in [4.78, 5) is 38.1. The van der Waals surface area contributed by atoms with Crippen molar-refractivity contribution in [3.8, 4) is 0 Å². The molecule has 0 spiro atoms. The third-order valence-electron chi connectivity index (χ3n) is 6.38. The zero-order valence-corrected chi connectivity index (χ0v) is 18.7. The SMILES string of the molecule is CCCC(=O)N1CCC(c2nc(NC)cc([C@H]3CC(=O)N(c4ccc(F)cc4)C3)n2)CC1. The number of likely N-dealkylation sites (tertiary alicyclic amines) is 1. The molecule has 3 heterocycles. The second kappa shape index (κ2) is 9.63. The fraction of sp³-hybridized carbons (Fsp3) is 0.500. The normalized spacial score (nSPS) is 19.5. The molecule has 8 heteroatoms. The van der Waals surface area contributed by atoms with Gasteiger partial charge in [-0.25, -0.2) is 14.4 Å². The Kier molecular flexibility index (Phi) is 6.67. The zero-order valence-electron chi connectivity index (χ0n) is 18.7. The Balaban J connectivity index is 1.50. The van der Waals surface area contributed by atoms with E-state index < -0.39 is 0 Å². The van der Waals surface area contributed by atoms with Gasteiger partial charge in [0.2, 0.25) is 11.8 Å². The summed E-state index contributed by atoms with van der Waals surface area (Å²) in [5, 5.41) is 3.12. The lowest BCUT2D eigenvalue weighted by molar-refractivity contribution is -0.132. The molecule has 2 aliphatic rings. The molecular formula is C24H30FN5O2. The molecule has 2 fully saturated rings. The standard InChI is InChI=1S/C24H30FN5O2/c1-3-4-22(31)29-11-9-16(10-12-29)24-27-20(14-21(26-2)28-24)17-13-23(32)30(15-17)19-7-5-18(25)6-8-19/h5-8,14,16-17H,3-4,9-13,15H2,1-2H3,(H,26,27,28)/t17-/m0/s1. The van der Waals surface area contributed by atoms with Crippen molar-refractivity contribution in [1.82, 2.24) is 14.9 Å². The number of aromatic nitrogens is 2. The number of hydrogen-bond acceptors (Lipinski definition) is 5. The van der Waals surface area contributed by atoms with E-state index in [9.17, 15) is 14.0 Å². The van der Waals surface area contributed by atoms with Gasteiger partial charge in [0.15, 0.2) is 0 Å². The first-order valence-corrected chi connectivity index (χ1v) is 11.4. The molecule has 2 saturated heterocycles. The molecule has 0 bridgehead atoms. The summed E-state index contributed by atoms with van der Waals surface area (Å²) in [7, 11) is 1.83. The summed E-state index contributed by atoms with van der Waals surface area (Å²) in [6.45, 7) is 3.99. The number of anilines is 2. The Morgan fingerprint density at radius 2 is 1.88 bits per heavy atom. The van der Waals surface area contributed by atoms with Crippen LogP contribution in [0.2, 0.25) is 0 Å². The maximum absolute atomic E-state index is 13.3. The zero-order chi connectivity index (χ0) is 22.7. The summed E-state index contributed by atoms with van der Waals surface area (Å²) in [5.41, 5.74) is 1.55. The lowest BCUT2D eigenvalue weighted by Gasteiger charge is -2.31.